The molecule has 33 heavy (non-hydrogen) atoms. The Morgan fingerprint density at radius 1 is 0.970 bits per heavy atom. The van der Waals surface area contributed by atoms with Crippen molar-refractivity contribution in [3.05, 3.63) is 30.9 Å². The van der Waals surface area contributed by atoms with Gasteiger partial charge in [0.05, 0.1) is 14.2 Å². The van der Waals surface area contributed by atoms with Crippen LogP contribution in [0.2, 0.25) is 0 Å². The van der Waals surface area contributed by atoms with Gasteiger partial charge >= 0.3 is 11.9 Å². The molecule has 0 saturated heterocycles. The van der Waals surface area contributed by atoms with Crippen LogP contribution in [0, 0.1) is 0 Å². The summed E-state index contributed by atoms with van der Waals surface area (Å²) in [6, 6.07) is 0.125. The van der Waals surface area contributed by atoms with Crippen molar-refractivity contribution in [3.8, 4) is 0 Å². The highest BCUT2D eigenvalue weighted by Gasteiger charge is 2.30. The number of ether oxygens (including phenoxy) is 2. The first-order valence-electron chi connectivity index (χ1n) is 12.8. The molecule has 0 aliphatic carbocycles. The normalized spacial score (nSPS) is 12.8. The molecule has 2 unspecified atom stereocenters. The Bertz CT molecular complexity index is 698. The molecule has 0 spiro atoms. The fourth-order valence-electron chi connectivity index (χ4n) is 4.14. The van der Waals surface area contributed by atoms with Gasteiger partial charge in [0.2, 0.25) is 6.33 Å². The molecule has 6 nitrogen and oxygen atoms in total. The molecule has 1 heterocycles. The predicted octanol–water partition coefficient (Wildman–Crippen LogP) is 6.00. The van der Waals surface area contributed by atoms with Gasteiger partial charge in [-0.15, -0.1) is 0 Å². The van der Waals surface area contributed by atoms with E-state index in [1.807, 2.05) is 17.8 Å². The van der Waals surface area contributed by atoms with Crippen molar-refractivity contribution >= 4 is 11.9 Å². The minimum atomic E-state index is -0.303. The first-order valence-corrected chi connectivity index (χ1v) is 12.8. The average Bonchev–Trinajstić information content (AvgIpc) is 3.22. The summed E-state index contributed by atoms with van der Waals surface area (Å²) in [7, 11) is 3.45. The first-order chi connectivity index (χ1) is 15.9. The lowest BCUT2D eigenvalue weighted by atomic mass is 9.97. The van der Waals surface area contributed by atoms with Crippen molar-refractivity contribution in [1.29, 1.82) is 0 Å². The molecular formula is C27H47N2O4+. The van der Waals surface area contributed by atoms with Gasteiger partial charge in [0.1, 0.15) is 24.5 Å². The zero-order chi connectivity index (χ0) is 24.5. The SMILES string of the molecule is C=C(C)C(=O)OC(CCCCCCCC(=O)OC)C(CCCCCCCC)n1cc[n+](C)c1. The molecule has 1 rings (SSSR count). The van der Waals surface area contributed by atoms with Crippen LogP contribution in [0.15, 0.2) is 30.9 Å². The van der Waals surface area contributed by atoms with Crippen LogP contribution in [0.3, 0.4) is 0 Å². The van der Waals surface area contributed by atoms with E-state index in [1.165, 1.54) is 39.2 Å². The molecule has 0 N–H and O–H groups in total. The molecule has 0 saturated carbocycles. The van der Waals surface area contributed by atoms with Gasteiger partial charge in [0.15, 0.2) is 0 Å². The summed E-state index contributed by atoms with van der Waals surface area (Å²) in [5.74, 6) is -0.443. The number of methoxy groups -OCH3 is 1. The van der Waals surface area contributed by atoms with Crippen LogP contribution in [-0.4, -0.2) is 29.7 Å². The number of carbonyl (C=O) groups is 2. The van der Waals surface area contributed by atoms with Crippen LogP contribution in [0.1, 0.15) is 110 Å². The molecule has 1 aromatic heterocycles. The van der Waals surface area contributed by atoms with E-state index in [0.29, 0.717) is 12.0 Å². The number of aromatic nitrogens is 2. The lowest BCUT2D eigenvalue weighted by Crippen LogP contribution is -2.31. The van der Waals surface area contributed by atoms with Gasteiger partial charge < -0.3 is 9.47 Å². The third-order valence-corrected chi connectivity index (χ3v) is 6.16. The minimum Gasteiger partial charge on any atom is -0.469 e. The van der Waals surface area contributed by atoms with Crippen molar-refractivity contribution < 1.29 is 23.6 Å². The number of carbonyl (C=O) groups excluding carboxylic acids is 2. The van der Waals surface area contributed by atoms with Crippen LogP contribution in [0.4, 0.5) is 0 Å². The Hall–Kier alpha value is -2.11. The molecule has 1 aromatic rings. The molecule has 0 fully saturated rings. The van der Waals surface area contributed by atoms with E-state index in [1.54, 1.807) is 6.92 Å². The molecular weight excluding hydrogens is 416 g/mol. The second-order valence-electron chi connectivity index (χ2n) is 9.26. The number of rotatable bonds is 19. The Morgan fingerprint density at radius 3 is 2.15 bits per heavy atom. The van der Waals surface area contributed by atoms with Crippen LogP contribution >= 0.6 is 0 Å². The summed E-state index contributed by atoms with van der Waals surface area (Å²) < 4.78 is 14.9. The Labute approximate surface area is 201 Å². The Kier molecular flexibility index (Phi) is 15.2. The Morgan fingerprint density at radius 2 is 1.58 bits per heavy atom. The molecule has 6 heteroatoms. The number of imidazole rings is 1. The summed E-state index contributed by atoms with van der Waals surface area (Å²) in [5.41, 5.74) is 0.444. The van der Waals surface area contributed by atoms with Crippen LogP contribution in [0.25, 0.3) is 0 Å². The summed E-state index contributed by atoms with van der Waals surface area (Å²) in [5, 5.41) is 0. The van der Waals surface area contributed by atoms with Gasteiger partial charge in [-0.05, 0) is 39.0 Å². The quantitative estimate of drug-likeness (QED) is 0.109. The zero-order valence-corrected chi connectivity index (χ0v) is 21.5. The lowest BCUT2D eigenvalue weighted by Gasteiger charge is -2.25. The van der Waals surface area contributed by atoms with Gasteiger partial charge in [0, 0.05) is 12.0 Å². The van der Waals surface area contributed by atoms with E-state index >= 15 is 0 Å². The maximum Gasteiger partial charge on any atom is 0.333 e. The molecule has 0 aliphatic rings. The third-order valence-electron chi connectivity index (χ3n) is 6.16. The lowest BCUT2D eigenvalue weighted by molar-refractivity contribution is -0.671. The molecule has 0 aromatic carbocycles. The summed E-state index contributed by atoms with van der Waals surface area (Å²) in [6.07, 6.45) is 20.8. The maximum atomic E-state index is 12.4. The number of hydrogen-bond donors (Lipinski definition) is 0. The zero-order valence-electron chi connectivity index (χ0n) is 21.5. The van der Waals surface area contributed by atoms with Crippen molar-refractivity contribution in [3.63, 3.8) is 0 Å². The number of hydrogen-bond acceptors (Lipinski definition) is 4. The van der Waals surface area contributed by atoms with E-state index in [-0.39, 0.29) is 24.1 Å². The topological polar surface area (TPSA) is 61.4 Å². The number of esters is 2. The number of aryl methyl sites for hydroxylation is 1. The summed E-state index contributed by atoms with van der Waals surface area (Å²) >= 11 is 0. The van der Waals surface area contributed by atoms with E-state index in [0.717, 1.165) is 51.4 Å². The Balaban J connectivity index is 2.69. The fraction of sp³-hybridized carbons (Fsp3) is 0.741. The summed E-state index contributed by atoms with van der Waals surface area (Å²) in [4.78, 5) is 23.7. The largest absolute Gasteiger partial charge is 0.469 e. The monoisotopic (exact) mass is 463 g/mol. The van der Waals surface area contributed by atoms with Crippen molar-refractivity contribution in [2.24, 2.45) is 7.05 Å². The average molecular weight is 464 g/mol. The maximum absolute atomic E-state index is 12.4. The van der Waals surface area contributed by atoms with E-state index < -0.39 is 0 Å². The number of unbranched alkanes of at least 4 members (excludes halogenated alkanes) is 9. The van der Waals surface area contributed by atoms with Crippen molar-refractivity contribution in [2.75, 3.05) is 7.11 Å². The van der Waals surface area contributed by atoms with E-state index in [4.69, 9.17) is 9.47 Å². The highest BCUT2D eigenvalue weighted by Crippen LogP contribution is 2.27. The highest BCUT2D eigenvalue weighted by molar-refractivity contribution is 5.87. The van der Waals surface area contributed by atoms with E-state index in [9.17, 15) is 9.59 Å². The van der Waals surface area contributed by atoms with Crippen molar-refractivity contribution in [1.82, 2.24) is 4.57 Å². The van der Waals surface area contributed by atoms with E-state index in [2.05, 4.69) is 30.6 Å². The minimum absolute atomic E-state index is 0.125. The molecule has 0 radical (unpaired) electrons. The van der Waals surface area contributed by atoms with Crippen LogP contribution < -0.4 is 4.57 Å². The molecule has 188 valence electrons. The third kappa shape index (κ3) is 12.6. The molecule has 0 aliphatic heterocycles. The van der Waals surface area contributed by atoms with Gasteiger partial charge in [-0.3, -0.25) is 4.79 Å². The molecule has 0 bridgehead atoms. The van der Waals surface area contributed by atoms with Gasteiger partial charge in [-0.1, -0.05) is 64.9 Å². The van der Waals surface area contributed by atoms with Crippen LogP contribution in [0.5, 0.6) is 0 Å². The van der Waals surface area contributed by atoms with Crippen molar-refractivity contribution in [2.45, 2.75) is 116 Å². The second kappa shape index (κ2) is 17.4. The van der Waals surface area contributed by atoms with Gasteiger partial charge in [-0.2, -0.15) is 0 Å². The number of nitrogens with zero attached hydrogens (tertiary/aromatic N) is 2. The standard InChI is InChI=1S/C27H47N2O4/c1-6-7-8-9-11-14-17-24(29-21-20-28(4)22-29)25(33-27(31)23(2)3)18-15-12-10-13-16-19-26(30)32-5/h20-22,24-25H,2,6-19H2,1,3-5H3/q+1. The smallest absolute Gasteiger partial charge is 0.333 e. The first kappa shape index (κ1) is 28.9. The van der Waals surface area contributed by atoms with Crippen LogP contribution in [-0.2, 0) is 26.1 Å². The highest BCUT2D eigenvalue weighted by atomic mass is 16.5. The van der Waals surface area contributed by atoms with Gasteiger partial charge in [-0.25, -0.2) is 13.9 Å². The molecule has 0 amide bonds. The predicted molar refractivity (Wildman–Crippen MR) is 132 cm³/mol. The second-order valence-corrected chi connectivity index (χ2v) is 9.26. The van der Waals surface area contributed by atoms with Gasteiger partial charge in [0.25, 0.3) is 0 Å². The summed E-state index contributed by atoms with van der Waals surface area (Å²) in [6.45, 7) is 7.72. The fourth-order valence-corrected chi connectivity index (χ4v) is 4.14. The molecule has 2 atom stereocenters.